The van der Waals surface area contributed by atoms with E-state index in [0.717, 1.165) is 6.26 Å². The van der Waals surface area contributed by atoms with Gasteiger partial charge in [-0.3, -0.25) is 0 Å². The summed E-state index contributed by atoms with van der Waals surface area (Å²) in [5.74, 6) is 0.167. The van der Waals surface area contributed by atoms with E-state index in [-0.39, 0.29) is 12.4 Å². The Balaban J connectivity index is 3.38. The Morgan fingerprint density at radius 2 is 2.43 bits per heavy atom. The number of hydrogen-bond donors (Lipinski definition) is 2. The van der Waals surface area contributed by atoms with Gasteiger partial charge in [0.1, 0.15) is 12.9 Å². The molecule has 3 heteroatoms. The van der Waals surface area contributed by atoms with Crippen molar-refractivity contribution in [2.24, 2.45) is 0 Å². The van der Waals surface area contributed by atoms with Crippen molar-refractivity contribution in [3.05, 3.63) is 12.0 Å². The summed E-state index contributed by atoms with van der Waals surface area (Å²) in [7, 11) is 1.37. The molecule has 7 heavy (non-hydrogen) atoms. The maximum atomic E-state index is 8.17. The lowest BCUT2D eigenvalue weighted by Gasteiger charge is -1.95. The van der Waals surface area contributed by atoms with Crippen LogP contribution in [0.2, 0.25) is 0 Å². The van der Waals surface area contributed by atoms with E-state index in [2.05, 4.69) is 4.74 Å². The van der Waals surface area contributed by atoms with Gasteiger partial charge in [-0.1, -0.05) is 0 Å². The summed E-state index contributed by atoms with van der Waals surface area (Å²) in [5, 5.41) is 16.3. The summed E-state index contributed by atoms with van der Waals surface area (Å²) in [6, 6.07) is 0. The third-order valence-electron chi connectivity index (χ3n) is 0.562. The predicted molar refractivity (Wildman–Crippen MR) is 24.8 cm³/mol. The van der Waals surface area contributed by atoms with E-state index in [1.807, 2.05) is 0 Å². The van der Waals surface area contributed by atoms with Gasteiger partial charge in [-0.15, -0.1) is 0 Å². The van der Waals surface area contributed by atoms with Crippen LogP contribution in [-0.2, 0) is 4.74 Å². The molecule has 0 saturated carbocycles. The van der Waals surface area contributed by atoms with E-state index in [4.69, 9.17) is 10.2 Å². The molecule has 0 rings (SSSR count). The summed E-state index contributed by atoms with van der Waals surface area (Å²) in [5.41, 5.74) is 0. The minimum atomic E-state index is -0.257. The van der Waals surface area contributed by atoms with E-state index >= 15 is 0 Å². The number of ether oxygens (including phenoxy) is 1. The van der Waals surface area contributed by atoms with Crippen molar-refractivity contribution >= 4 is 0 Å². The van der Waals surface area contributed by atoms with Crippen LogP contribution in [0.3, 0.4) is 0 Å². The zero-order chi connectivity index (χ0) is 5.70. The molecule has 0 heterocycles. The average molecular weight is 104 g/mol. The Kier molecular flexibility index (Phi) is 3.14. The fourth-order valence-electron chi connectivity index (χ4n) is 0.158. The minimum absolute atomic E-state index is 0.167. The van der Waals surface area contributed by atoms with Gasteiger partial charge in [0.05, 0.1) is 7.11 Å². The van der Waals surface area contributed by atoms with Gasteiger partial charge in [0.2, 0.25) is 0 Å². The summed E-state index contributed by atoms with van der Waals surface area (Å²) in [4.78, 5) is 0. The highest BCUT2D eigenvalue weighted by Crippen LogP contribution is 1.87. The molecule has 0 unspecified atom stereocenters. The van der Waals surface area contributed by atoms with E-state index in [9.17, 15) is 0 Å². The molecule has 0 radical (unpaired) electrons. The lowest BCUT2D eigenvalue weighted by molar-refractivity contribution is 0.195. The highest BCUT2D eigenvalue weighted by Gasteiger charge is 1.86. The molecule has 2 N–H and O–H groups in total. The Morgan fingerprint density at radius 1 is 1.86 bits per heavy atom. The lowest BCUT2D eigenvalue weighted by atomic mass is 10.6. The largest absolute Gasteiger partial charge is 0.512 e. The van der Waals surface area contributed by atoms with E-state index in [0.29, 0.717) is 0 Å². The molecule has 42 valence electrons. The molecule has 0 aromatic heterocycles. The third-order valence-corrected chi connectivity index (χ3v) is 0.562. The number of rotatable bonds is 2. The van der Waals surface area contributed by atoms with Crippen molar-refractivity contribution in [1.82, 2.24) is 0 Å². The van der Waals surface area contributed by atoms with Crippen molar-refractivity contribution < 1.29 is 14.9 Å². The standard InChI is InChI=1S/C4H8O3/c1-7-4(2-5)3-6/h2,5-6H,3H2,1H3/b4-2-. The first kappa shape index (κ1) is 6.30. The zero-order valence-electron chi connectivity index (χ0n) is 4.09. The van der Waals surface area contributed by atoms with Crippen molar-refractivity contribution in [2.75, 3.05) is 13.7 Å². The van der Waals surface area contributed by atoms with Crippen LogP contribution in [0.4, 0.5) is 0 Å². The van der Waals surface area contributed by atoms with Gasteiger partial charge in [-0.05, 0) is 0 Å². The fraction of sp³-hybridized carbons (Fsp3) is 0.500. The number of aliphatic hydroxyl groups excluding tert-OH is 2. The monoisotopic (exact) mass is 104 g/mol. The van der Waals surface area contributed by atoms with Crippen LogP contribution < -0.4 is 0 Å². The lowest BCUT2D eigenvalue weighted by Crippen LogP contribution is -1.91. The molecule has 0 aliphatic carbocycles. The first-order valence-corrected chi connectivity index (χ1v) is 1.83. The van der Waals surface area contributed by atoms with Gasteiger partial charge >= 0.3 is 0 Å². The summed E-state index contributed by atoms with van der Waals surface area (Å²) >= 11 is 0. The van der Waals surface area contributed by atoms with Gasteiger partial charge in [-0.25, -0.2) is 0 Å². The normalized spacial score (nSPS) is 11.4. The number of hydrogen-bond acceptors (Lipinski definition) is 3. The molecular weight excluding hydrogens is 96.0 g/mol. The second kappa shape index (κ2) is 3.49. The summed E-state index contributed by atoms with van der Waals surface area (Å²) in [6.07, 6.45) is 0.722. The molecule has 0 fully saturated rings. The van der Waals surface area contributed by atoms with Gasteiger partial charge < -0.3 is 14.9 Å². The van der Waals surface area contributed by atoms with E-state index < -0.39 is 0 Å². The highest BCUT2D eigenvalue weighted by atomic mass is 16.5. The molecule has 0 aromatic rings. The topological polar surface area (TPSA) is 49.7 Å². The predicted octanol–water partition coefficient (Wildman–Crippen LogP) is 0.0245. The minimum Gasteiger partial charge on any atom is -0.512 e. The maximum Gasteiger partial charge on any atom is 0.155 e. The molecule has 3 nitrogen and oxygen atoms in total. The maximum absolute atomic E-state index is 8.17. The van der Waals surface area contributed by atoms with Crippen molar-refractivity contribution in [3.8, 4) is 0 Å². The Bertz CT molecular complexity index is 61.3. The first-order valence-electron chi connectivity index (χ1n) is 1.83. The molecule has 0 saturated heterocycles. The molecule has 0 amide bonds. The van der Waals surface area contributed by atoms with E-state index in [1.54, 1.807) is 0 Å². The quantitative estimate of drug-likeness (QED) is 0.486. The van der Waals surface area contributed by atoms with Crippen LogP contribution >= 0.6 is 0 Å². The molecule has 0 aliphatic rings. The summed E-state index contributed by atoms with van der Waals surface area (Å²) < 4.78 is 4.41. The smallest absolute Gasteiger partial charge is 0.155 e. The second-order valence-corrected chi connectivity index (χ2v) is 0.958. The van der Waals surface area contributed by atoms with Crippen LogP contribution in [0.1, 0.15) is 0 Å². The Morgan fingerprint density at radius 3 is 2.43 bits per heavy atom. The molecular formula is C4H8O3. The third kappa shape index (κ3) is 2.05. The zero-order valence-corrected chi connectivity index (χ0v) is 4.09. The molecule has 0 atom stereocenters. The number of methoxy groups -OCH3 is 1. The van der Waals surface area contributed by atoms with Gasteiger partial charge in [0, 0.05) is 0 Å². The number of aliphatic hydroxyl groups is 2. The van der Waals surface area contributed by atoms with E-state index in [1.165, 1.54) is 7.11 Å². The van der Waals surface area contributed by atoms with Gasteiger partial charge in [-0.2, -0.15) is 0 Å². The first-order chi connectivity index (χ1) is 3.35. The fourth-order valence-corrected chi connectivity index (χ4v) is 0.158. The highest BCUT2D eigenvalue weighted by molar-refractivity contribution is 4.83. The van der Waals surface area contributed by atoms with Crippen LogP contribution in [0, 0.1) is 0 Å². The Hall–Kier alpha value is -0.700. The molecule has 0 aromatic carbocycles. The van der Waals surface area contributed by atoms with Crippen molar-refractivity contribution in [3.63, 3.8) is 0 Å². The molecule has 0 aliphatic heterocycles. The Labute approximate surface area is 41.8 Å². The second-order valence-electron chi connectivity index (χ2n) is 0.958. The van der Waals surface area contributed by atoms with Crippen molar-refractivity contribution in [1.29, 1.82) is 0 Å². The SMILES string of the molecule is CO/C(=C\O)CO. The summed E-state index contributed by atoms with van der Waals surface area (Å²) in [6.45, 7) is -0.257. The van der Waals surface area contributed by atoms with Crippen LogP contribution in [0.25, 0.3) is 0 Å². The van der Waals surface area contributed by atoms with Crippen LogP contribution in [0.5, 0.6) is 0 Å². The molecule has 0 spiro atoms. The van der Waals surface area contributed by atoms with Gasteiger partial charge in [0.25, 0.3) is 0 Å². The van der Waals surface area contributed by atoms with Crippen molar-refractivity contribution in [2.45, 2.75) is 0 Å². The van der Waals surface area contributed by atoms with Crippen LogP contribution in [0.15, 0.2) is 12.0 Å². The van der Waals surface area contributed by atoms with Gasteiger partial charge in [0.15, 0.2) is 5.76 Å². The van der Waals surface area contributed by atoms with Crippen LogP contribution in [-0.4, -0.2) is 23.9 Å². The molecule has 0 bridgehead atoms. The average Bonchev–Trinajstić information content (AvgIpc) is 1.72.